The van der Waals surface area contributed by atoms with Gasteiger partial charge in [-0.15, -0.1) is 0 Å². The van der Waals surface area contributed by atoms with Gasteiger partial charge in [-0.3, -0.25) is 4.79 Å². The molecule has 0 saturated carbocycles. The van der Waals surface area contributed by atoms with E-state index >= 15 is 0 Å². The molecule has 1 heteroatoms. The molecule has 0 aromatic heterocycles. The predicted octanol–water partition coefficient (Wildman–Crippen LogP) is 5.22. The van der Waals surface area contributed by atoms with Crippen molar-refractivity contribution in [3.05, 3.63) is 24.3 Å². The van der Waals surface area contributed by atoms with Gasteiger partial charge in [0.25, 0.3) is 0 Å². The first kappa shape index (κ1) is 16.1. The van der Waals surface area contributed by atoms with Crippen LogP contribution < -0.4 is 0 Å². The van der Waals surface area contributed by atoms with Crippen LogP contribution in [-0.4, -0.2) is 5.78 Å². The molecule has 17 heavy (non-hydrogen) atoms. The molecular formula is C16H28O. The van der Waals surface area contributed by atoms with Gasteiger partial charge in [0.1, 0.15) is 0 Å². The molecule has 0 amide bonds. The van der Waals surface area contributed by atoms with Gasteiger partial charge < -0.3 is 0 Å². The first-order valence-electron chi connectivity index (χ1n) is 7.11. The third-order valence-corrected chi connectivity index (χ3v) is 2.80. The van der Waals surface area contributed by atoms with E-state index in [1.807, 2.05) is 12.2 Å². The van der Waals surface area contributed by atoms with Crippen LogP contribution >= 0.6 is 0 Å². The largest absolute Gasteiger partial charge is 0.295 e. The molecule has 0 unspecified atom stereocenters. The summed E-state index contributed by atoms with van der Waals surface area (Å²) < 4.78 is 0. The van der Waals surface area contributed by atoms with Gasteiger partial charge in [0.05, 0.1) is 0 Å². The SMILES string of the molecule is CCCCCCCCCCC=CC=CC(C)=O. The van der Waals surface area contributed by atoms with Crippen LogP contribution in [0.5, 0.6) is 0 Å². The Labute approximate surface area is 107 Å². The van der Waals surface area contributed by atoms with Gasteiger partial charge in [0, 0.05) is 0 Å². The lowest BCUT2D eigenvalue weighted by atomic mass is 10.1. The summed E-state index contributed by atoms with van der Waals surface area (Å²) in [6.07, 6.45) is 19.6. The number of rotatable bonds is 11. The topological polar surface area (TPSA) is 17.1 Å². The average molecular weight is 236 g/mol. The number of hydrogen-bond acceptors (Lipinski definition) is 1. The van der Waals surface area contributed by atoms with Crippen molar-refractivity contribution in [2.45, 2.75) is 71.6 Å². The summed E-state index contributed by atoms with van der Waals surface area (Å²) in [5.41, 5.74) is 0. The maximum atomic E-state index is 10.6. The molecule has 0 aromatic rings. The Hall–Kier alpha value is -0.850. The minimum absolute atomic E-state index is 0.113. The summed E-state index contributed by atoms with van der Waals surface area (Å²) in [5.74, 6) is 0.113. The van der Waals surface area contributed by atoms with Gasteiger partial charge in [-0.2, -0.15) is 0 Å². The fourth-order valence-corrected chi connectivity index (χ4v) is 1.76. The monoisotopic (exact) mass is 236 g/mol. The molecule has 0 aliphatic heterocycles. The lowest BCUT2D eigenvalue weighted by molar-refractivity contribution is -0.112. The van der Waals surface area contributed by atoms with Crippen LogP contribution in [-0.2, 0) is 4.79 Å². The number of unbranched alkanes of at least 4 members (excludes halogenated alkanes) is 8. The molecule has 0 aliphatic rings. The maximum absolute atomic E-state index is 10.6. The molecule has 0 rings (SSSR count). The Balaban J connectivity index is 3.15. The van der Waals surface area contributed by atoms with Crippen LogP contribution in [0.1, 0.15) is 71.6 Å². The second kappa shape index (κ2) is 13.2. The minimum Gasteiger partial charge on any atom is -0.295 e. The summed E-state index contributed by atoms with van der Waals surface area (Å²) in [6.45, 7) is 3.83. The zero-order chi connectivity index (χ0) is 12.8. The zero-order valence-corrected chi connectivity index (χ0v) is 11.6. The maximum Gasteiger partial charge on any atom is 0.152 e. The van der Waals surface area contributed by atoms with E-state index in [9.17, 15) is 4.79 Å². The van der Waals surface area contributed by atoms with E-state index in [0.29, 0.717) is 0 Å². The van der Waals surface area contributed by atoms with Gasteiger partial charge in [-0.1, -0.05) is 70.1 Å². The van der Waals surface area contributed by atoms with E-state index in [0.717, 1.165) is 6.42 Å². The zero-order valence-electron chi connectivity index (χ0n) is 11.6. The highest BCUT2D eigenvalue weighted by molar-refractivity contribution is 5.87. The number of hydrogen-bond donors (Lipinski definition) is 0. The van der Waals surface area contributed by atoms with Crippen molar-refractivity contribution in [2.75, 3.05) is 0 Å². The Morgan fingerprint density at radius 3 is 2.06 bits per heavy atom. The molecule has 98 valence electrons. The Morgan fingerprint density at radius 2 is 1.47 bits per heavy atom. The van der Waals surface area contributed by atoms with Gasteiger partial charge in [-0.05, 0) is 25.8 Å². The number of carbonyl (C=O) groups is 1. The molecule has 1 nitrogen and oxygen atoms in total. The molecule has 0 atom stereocenters. The van der Waals surface area contributed by atoms with Gasteiger partial charge >= 0.3 is 0 Å². The molecule has 0 heterocycles. The smallest absolute Gasteiger partial charge is 0.152 e. The third kappa shape index (κ3) is 15.1. The van der Waals surface area contributed by atoms with Crippen LogP contribution in [0.2, 0.25) is 0 Å². The number of ketones is 1. The van der Waals surface area contributed by atoms with Crippen LogP contribution in [0.15, 0.2) is 24.3 Å². The standard InChI is InChI=1S/C16H28O/c1-3-4-5-6-7-8-9-10-11-12-13-14-15-16(2)17/h12-15H,3-11H2,1-2H3. The van der Waals surface area contributed by atoms with Crippen molar-refractivity contribution in [3.63, 3.8) is 0 Å². The Kier molecular flexibility index (Phi) is 12.6. The molecule has 0 aromatic carbocycles. The highest BCUT2D eigenvalue weighted by Gasteiger charge is 1.89. The highest BCUT2D eigenvalue weighted by atomic mass is 16.1. The lowest BCUT2D eigenvalue weighted by Crippen LogP contribution is -1.80. The van der Waals surface area contributed by atoms with E-state index in [1.165, 1.54) is 51.4 Å². The lowest BCUT2D eigenvalue weighted by Gasteiger charge is -1.99. The van der Waals surface area contributed by atoms with Gasteiger partial charge in [0.2, 0.25) is 0 Å². The molecule has 0 spiro atoms. The Morgan fingerprint density at radius 1 is 0.882 bits per heavy atom. The summed E-state index contributed by atoms with van der Waals surface area (Å²) in [7, 11) is 0. The quantitative estimate of drug-likeness (QED) is 0.273. The average Bonchev–Trinajstić information content (AvgIpc) is 2.30. The molecule has 0 fully saturated rings. The van der Waals surface area contributed by atoms with Crippen LogP contribution in [0, 0.1) is 0 Å². The Bertz CT molecular complexity index is 226. The van der Waals surface area contributed by atoms with Crippen LogP contribution in [0.25, 0.3) is 0 Å². The van der Waals surface area contributed by atoms with E-state index in [4.69, 9.17) is 0 Å². The number of carbonyl (C=O) groups excluding carboxylic acids is 1. The summed E-state index contributed by atoms with van der Waals surface area (Å²) in [5, 5.41) is 0. The molecular weight excluding hydrogens is 208 g/mol. The van der Waals surface area contributed by atoms with Crippen molar-refractivity contribution in [3.8, 4) is 0 Å². The third-order valence-electron chi connectivity index (χ3n) is 2.80. The second-order valence-electron chi connectivity index (χ2n) is 4.66. The molecule has 0 aliphatic carbocycles. The van der Waals surface area contributed by atoms with Crippen LogP contribution in [0.3, 0.4) is 0 Å². The summed E-state index contributed by atoms with van der Waals surface area (Å²) >= 11 is 0. The van der Waals surface area contributed by atoms with E-state index < -0.39 is 0 Å². The van der Waals surface area contributed by atoms with E-state index in [-0.39, 0.29) is 5.78 Å². The normalized spacial score (nSPS) is 11.6. The highest BCUT2D eigenvalue weighted by Crippen LogP contribution is 2.09. The molecule has 0 bridgehead atoms. The van der Waals surface area contributed by atoms with Gasteiger partial charge in [-0.25, -0.2) is 0 Å². The van der Waals surface area contributed by atoms with Crippen LogP contribution in [0.4, 0.5) is 0 Å². The first-order valence-corrected chi connectivity index (χ1v) is 7.11. The van der Waals surface area contributed by atoms with Crippen molar-refractivity contribution in [2.24, 2.45) is 0 Å². The molecule has 0 N–H and O–H groups in total. The predicted molar refractivity (Wildman–Crippen MR) is 76.2 cm³/mol. The van der Waals surface area contributed by atoms with Gasteiger partial charge in [0.15, 0.2) is 5.78 Å². The molecule has 0 radical (unpaired) electrons. The molecule has 0 saturated heterocycles. The van der Waals surface area contributed by atoms with Crippen molar-refractivity contribution in [1.29, 1.82) is 0 Å². The van der Waals surface area contributed by atoms with Crippen molar-refractivity contribution < 1.29 is 4.79 Å². The van der Waals surface area contributed by atoms with E-state index in [2.05, 4.69) is 13.0 Å². The summed E-state index contributed by atoms with van der Waals surface area (Å²) in [4.78, 5) is 10.6. The van der Waals surface area contributed by atoms with Crippen molar-refractivity contribution >= 4 is 5.78 Å². The van der Waals surface area contributed by atoms with Crippen molar-refractivity contribution in [1.82, 2.24) is 0 Å². The fraction of sp³-hybridized carbons (Fsp3) is 0.688. The van der Waals surface area contributed by atoms with E-state index in [1.54, 1.807) is 13.0 Å². The fourth-order valence-electron chi connectivity index (χ4n) is 1.76. The second-order valence-corrected chi connectivity index (χ2v) is 4.66. The summed E-state index contributed by atoms with van der Waals surface area (Å²) in [6, 6.07) is 0. The number of allylic oxidation sites excluding steroid dienone is 4. The first-order chi connectivity index (χ1) is 8.27. The minimum atomic E-state index is 0.113.